The third-order valence-electron chi connectivity index (χ3n) is 2.91. The standard InChI is InChI=1S/C12H7N3O4/c16-12(17)14-10-4-3-7(15(18)19)6-9(10)8-2-1-5-13-11(8)14/h1-6H,(H,16,17). The van der Waals surface area contributed by atoms with Crippen LogP contribution in [0.3, 0.4) is 0 Å². The summed E-state index contributed by atoms with van der Waals surface area (Å²) in [4.78, 5) is 25.6. The molecule has 0 spiro atoms. The number of nitrogens with zero attached hydrogens (tertiary/aromatic N) is 3. The number of aromatic nitrogens is 2. The van der Waals surface area contributed by atoms with Crippen LogP contribution in [0.15, 0.2) is 36.5 Å². The molecule has 3 rings (SSSR count). The number of hydrogen-bond acceptors (Lipinski definition) is 4. The maximum absolute atomic E-state index is 11.3. The van der Waals surface area contributed by atoms with E-state index in [2.05, 4.69) is 4.98 Å². The molecule has 1 aromatic carbocycles. The Morgan fingerprint density at radius 2 is 2.11 bits per heavy atom. The van der Waals surface area contributed by atoms with Crippen LogP contribution in [0.5, 0.6) is 0 Å². The Bertz CT molecular complexity index is 837. The Kier molecular flexibility index (Phi) is 2.21. The molecule has 0 bridgehead atoms. The van der Waals surface area contributed by atoms with E-state index in [1.54, 1.807) is 12.1 Å². The van der Waals surface area contributed by atoms with Crippen LogP contribution < -0.4 is 0 Å². The fraction of sp³-hybridized carbons (Fsp3) is 0. The first-order valence-corrected chi connectivity index (χ1v) is 5.36. The fourth-order valence-corrected chi connectivity index (χ4v) is 2.14. The summed E-state index contributed by atoms with van der Waals surface area (Å²) in [6, 6.07) is 7.41. The van der Waals surface area contributed by atoms with Crippen LogP contribution in [-0.4, -0.2) is 25.7 Å². The Morgan fingerprint density at radius 1 is 1.32 bits per heavy atom. The predicted molar refractivity (Wildman–Crippen MR) is 67.3 cm³/mol. The Labute approximate surface area is 105 Å². The summed E-state index contributed by atoms with van der Waals surface area (Å²) in [6.07, 6.45) is 0.308. The number of pyridine rings is 1. The number of carboxylic acid groups (broad SMARTS) is 1. The first-order valence-electron chi connectivity index (χ1n) is 5.36. The molecule has 1 N–H and O–H groups in total. The number of nitro benzene ring substituents is 1. The van der Waals surface area contributed by atoms with Gasteiger partial charge in [-0.1, -0.05) is 0 Å². The van der Waals surface area contributed by atoms with Crippen LogP contribution in [0.4, 0.5) is 10.5 Å². The van der Waals surface area contributed by atoms with Crippen molar-refractivity contribution in [3.8, 4) is 0 Å². The zero-order chi connectivity index (χ0) is 13.6. The van der Waals surface area contributed by atoms with Crippen molar-refractivity contribution in [1.82, 2.24) is 9.55 Å². The highest BCUT2D eigenvalue weighted by Gasteiger charge is 2.18. The number of benzene rings is 1. The molecule has 0 aliphatic rings. The van der Waals surface area contributed by atoms with Gasteiger partial charge in [-0.2, -0.15) is 0 Å². The van der Waals surface area contributed by atoms with E-state index in [9.17, 15) is 20.0 Å². The van der Waals surface area contributed by atoms with E-state index in [0.29, 0.717) is 16.3 Å². The minimum atomic E-state index is -1.17. The Hall–Kier alpha value is -2.96. The number of fused-ring (bicyclic) bond motifs is 3. The Balaban J connectivity index is 2.52. The van der Waals surface area contributed by atoms with E-state index in [1.807, 2.05) is 0 Å². The number of non-ortho nitro benzene ring substituents is 1. The summed E-state index contributed by atoms with van der Waals surface area (Å²) in [5.41, 5.74) is 0.568. The van der Waals surface area contributed by atoms with Crippen LogP contribution in [0, 0.1) is 10.1 Å². The maximum atomic E-state index is 11.3. The first-order chi connectivity index (χ1) is 9.09. The van der Waals surface area contributed by atoms with Crippen LogP contribution in [0.25, 0.3) is 21.9 Å². The topological polar surface area (TPSA) is 98.3 Å². The number of carbonyl (C=O) groups is 1. The largest absolute Gasteiger partial charge is 0.464 e. The van der Waals surface area contributed by atoms with Gasteiger partial charge in [0.15, 0.2) is 5.65 Å². The SMILES string of the molecule is O=C(O)n1c2ccc([N+](=O)[O-])cc2c2cccnc21. The average molecular weight is 257 g/mol. The lowest BCUT2D eigenvalue weighted by Crippen LogP contribution is -2.07. The summed E-state index contributed by atoms with van der Waals surface area (Å²) in [6.45, 7) is 0. The fourth-order valence-electron chi connectivity index (χ4n) is 2.14. The normalized spacial score (nSPS) is 10.9. The van der Waals surface area contributed by atoms with E-state index in [1.165, 1.54) is 24.4 Å². The van der Waals surface area contributed by atoms with Gasteiger partial charge in [0.25, 0.3) is 5.69 Å². The maximum Gasteiger partial charge on any atom is 0.417 e. The van der Waals surface area contributed by atoms with Gasteiger partial charge in [0.1, 0.15) is 0 Å². The number of nitro groups is 1. The van der Waals surface area contributed by atoms with Gasteiger partial charge in [-0.05, 0) is 18.2 Å². The zero-order valence-corrected chi connectivity index (χ0v) is 9.48. The van der Waals surface area contributed by atoms with E-state index in [0.717, 1.165) is 4.57 Å². The van der Waals surface area contributed by atoms with E-state index < -0.39 is 11.0 Å². The average Bonchev–Trinajstić information content (AvgIpc) is 2.72. The first kappa shape index (κ1) is 11.1. The molecule has 7 nitrogen and oxygen atoms in total. The van der Waals surface area contributed by atoms with E-state index >= 15 is 0 Å². The van der Waals surface area contributed by atoms with Crippen molar-refractivity contribution in [2.75, 3.05) is 0 Å². The van der Waals surface area contributed by atoms with Gasteiger partial charge in [-0.25, -0.2) is 14.3 Å². The van der Waals surface area contributed by atoms with Crippen molar-refractivity contribution < 1.29 is 14.8 Å². The summed E-state index contributed by atoms with van der Waals surface area (Å²) >= 11 is 0. The molecular formula is C12H7N3O4. The van der Waals surface area contributed by atoms with Gasteiger partial charge in [-0.3, -0.25) is 10.1 Å². The summed E-state index contributed by atoms with van der Waals surface area (Å²) < 4.78 is 1.02. The minimum Gasteiger partial charge on any atom is -0.464 e. The molecule has 0 aliphatic heterocycles. The molecule has 2 aromatic heterocycles. The zero-order valence-electron chi connectivity index (χ0n) is 9.48. The van der Waals surface area contributed by atoms with Gasteiger partial charge in [0.2, 0.25) is 0 Å². The van der Waals surface area contributed by atoms with Crippen molar-refractivity contribution in [3.63, 3.8) is 0 Å². The second-order valence-electron chi connectivity index (χ2n) is 3.95. The van der Waals surface area contributed by atoms with Crippen LogP contribution in [0.1, 0.15) is 0 Å². The second-order valence-corrected chi connectivity index (χ2v) is 3.95. The molecule has 0 saturated heterocycles. The van der Waals surface area contributed by atoms with Gasteiger partial charge in [-0.15, -0.1) is 0 Å². The molecule has 0 atom stereocenters. The smallest absolute Gasteiger partial charge is 0.417 e. The molecule has 0 unspecified atom stereocenters. The van der Waals surface area contributed by atoms with Crippen LogP contribution >= 0.6 is 0 Å². The van der Waals surface area contributed by atoms with Crippen molar-refractivity contribution in [2.45, 2.75) is 0 Å². The number of hydrogen-bond donors (Lipinski definition) is 1. The lowest BCUT2D eigenvalue weighted by molar-refractivity contribution is -0.384. The number of rotatable bonds is 1. The summed E-state index contributed by atoms with van der Waals surface area (Å²) in [5.74, 6) is 0. The molecule has 2 heterocycles. The van der Waals surface area contributed by atoms with E-state index in [4.69, 9.17) is 0 Å². The Morgan fingerprint density at radius 3 is 2.79 bits per heavy atom. The van der Waals surface area contributed by atoms with Gasteiger partial charge < -0.3 is 5.11 Å². The second kappa shape index (κ2) is 3.77. The molecule has 0 radical (unpaired) electrons. The van der Waals surface area contributed by atoms with Crippen molar-refractivity contribution >= 4 is 33.7 Å². The highest BCUT2D eigenvalue weighted by Crippen LogP contribution is 2.30. The third-order valence-corrected chi connectivity index (χ3v) is 2.91. The summed E-state index contributed by atoms with van der Waals surface area (Å²) in [5, 5.41) is 21.1. The van der Waals surface area contributed by atoms with Gasteiger partial charge in [0, 0.05) is 29.1 Å². The van der Waals surface area contributed by atoms with E-state index in [-0.39, 0.29) is 11.3 Å². The quantitative estimate of drug-likeness (QED) is 0.533. The molecule has 94 valence electrons. The molecule has 0 fully saturated rings. The highest BCUT2D eigenvalue weighted by atomic mass is 16.6. The molecule has 0 amide bonds. The molecule has 0 aliphatic carbocycles. The molecular weight excluding hydrogens is 250 g/mol. The summed E-state index contributed by atoms with van der Waals surface area (Å²) in [7, 11) is 0. The molecule has 0 saturated carbocycles. The third kappa shape index (κ3) is 1.52. The van der Waals surface area contributed by atoms with Crippen molar-refractivity contribution in [1.29, 1.82) is 0 Å². The van der Waals surface area contributed by atoms with Crippen LogP contribution in [0.2, 0.25) is 0 Å². The van der Waals surface area contributed by atoms with Gasteiger partial charge in [0.05, 0.1) is 10.4 Å². The molecule has 19 heavy (non-hydrogen) atoms. The predicted octanol–water partition coefficient (Wildman–Crippen LogP) is 2.62. The molecule has 7 heteroatoms. The lowest BCUT2D eigenvalue weighted by atomic mass is 10.2. The minimum absolute atomic E-state index is 0.0826. The van der Waals surface area contributed by atoms with Gasteiger partial charge >= 0.3 is 6.09 Å². The monoisotopic (exact) mass is 257 g/mol. The van der Waals surface area contributed by atoms with Crippen LogP contribution in [-0.2, 0) is 0 Å². The van der Waals surface area contributed by atoms with Crippen molar-refractivity contribution in [2.24, 2.45) is 0 Å². The van der Waals surface area contributed by atoms with Crippen molar-refractivity contribution in [3.05, 3.63) is 46.6 Å². The lowest BCUT2D eigenvalue weighted by Gasteiger charge is -1.98. The highest BCUT2D eigenvalue weighted by molar-refractivity contribution is 6.11. The molecule has 3 aromatic rings.